The summed E-state index contributed by atoms with van der Waals surface area (Å²) < 4.78 is 12.2. The Morgan fingerprint density at radius 1 is 0.867 bits per heavy atom. The van der Waals surface area contributed by atoms with Crippen LogP contribution in [0, 0.1) is 0 Å². The van der Waals surface area contributed by atoms with E-state index in [1.807, 2.05) is 12.1 Å². The molecule has 1 unspecified atom stereocenters. The SMILES string of the molecule is COc1ccc(C(C/C=C\C[Si](C)(C)c2ccccc2)O[Si](C)(C)C(C)(C)C)cc1. The van der Waals surface area contributed by atoms with Gasteiger partial charge in [-0.1, -0.05) is 93.7 Å². The second-order valence-electron chi connectivity index (χ2n) is 10.3. The Morgan fingerprint density at radius 3 is 2.00 bits per heavy atom. The van der Waals surface area contributed by atoms with Crippen molar-refractivity contribution in [2.45, 2.75) is 70.6 Å². The van der Waals surface area contributed by atoms with Crippen LogP contribution in [0.4, 0.5) is 0 Å². The van der Waals surface area contributed by atoms with Crippen LogP contribution in [-0.4, -0.2) is 23.5 Å². The average molecular weight is 441 g/mol. The van der Waals surface area contributed by atoms with E-state index in [-0.39, 0.29) is 11.1 Å². The van der Waals surface area contributed by atoms with Gasteiger partial charge in [-0.15, -0.1) is 0 Å². The molecule has 2 nitrogen and oxygen atoms in total. The highest BCUT2D eigenvalue weighted by molar-refractivity contribution is 6.90. The highest BCUT2D eigenvalue weighted by Crippen LogP contribution is 2.40. The van der Waals surface area contributed by atoms with Gasteiger partial charge in [0.05, 0.1) is 21.3 Å². The van der Waals surface area contributed by atoms with Crippen molar-refractivity contribution in [1.29, 1.82) is 0 Å². The fourth-order valence-electron chi connectivity index (χ4n) is 3.21. The first-order valence-corrected chi connectivity index (χ1v) is 17.1. The Balaban J connectivity index is 2.15. The van der Waals surface area contributed by atoms with Gasteiger partial charge in [0, 0.05) is 0 Å². The standard InChI is InChI=1S/C26H40O2Si2/c1-26(2,3)30(7,8)28-25(22-17-19-23(27-4)20-18-22)16-12-13-21-29(5,6)24-14-10-9-11-15-24/h9-15,17-20,25H,16,21H2,1-8H3/b13-12-. The molecule has 0 N–H and O–H groups in total. The first-order chi connectivity index (χ1) is 14.0. The molecule has 0 aliphatic heterocycles. The number of hydrogen-bond acceptors (Lipinski definition) is 2. The molecule has 0 spiro atoms. The van der Waals surface area contributed by atoms with Crippen molar-refractivity contribution < 1.29 is 9.16 Å². The van der Waals surface area contributed by atoms with Crippen molar-refractivity contribution >= 4 is 21.6 Å². The Hall–Kier alpha value is -1.63. The smallest absolute Gasteiger partial charge is 0.192 e. The maximum atomic E-state index is 6.84. The summed E-state index contributed by atoms with van der Waals surface area (Å²) in [6, 6.07) is 20.5. The van der Waals surface area contributed by atoms with Crippen molar-refractivity contribution in [3.8, 4) is 5.75 Å². The van der Waals surface area contributed by atoms with E-state index in [2.05, 4.69) is 102 Å². The molecule has 2 aromatic rings. The Morgan fingerprint density at radius 2 is 1.47 bits per heavy atom. The van der Waals surface area contributed by atoms with Gasteiger partial charge in [-0.25, -0.2) is 0 Å². The molecule has 2 aromatic carbocycles. The summed E-state index contributed by atoms with van der Waals surface area (Å²) in [4.78, 5) is 0. The van der Waals surface area contributed by atoms with Crippen LogP contribution in [0.2, 0.25) is 37.3 Å². The van der Waals surface area contributed by atoms with Crippen molar-refractivity contribution in [2.24, 2.45) is 0 Å². The van der Waals surface area contributed by atoms with E-state index in [1.54, 1.807) is 7.11 Å². The topological polar surface area (TPSA) is 18.5 Å². The molecule has 0 bridgehead atoms. The summed E-state index contributed by atoms with van der Waals surface area (Å²) >= 11 is 0. The predicted octanol–water partition coefficient (Wildman–Crippen LogP) is 7.32. The monoisotopic (exact) mass is 440 g/mol. The predicted molar refractivity (Wildman–Crippen MR) is 136 cm³/mol. The van der Waals surface area contributed by atoms with Gasteiger partial charge in [0.2, 0.25) is 0 Å². The van der Waals surface area contributed by atoms with E-state index in [9.17, 15) is 0 Å². The largest absolute Gasteiger partial charge is 0.497 e. The van der Waals surface area contributed by atoms with Gasteiger partial charge < -0.3 is 9.16 Å². The van der Waals surface area contributed by atoms with Crippen LogP contribution < -0.4 is 9.92 Å². The fraction of sp³-hybridized carbons (Fsp3) is 0.462. The maximum Gasteiger partial charge on any atom is 0.192 e. The van der Waals surface area contributed by atoms with Gasteiger partial charge in [0.15, 0.2) is 8.32 Å². The van der Waals surface area contributed by atoms with Crippen LogP contribution in [0.5, 0.6) is 5.75 Å². The van der Waals surface area contributed by atoms with Crippen LogP contribution >= 0.6 is 0 Å². The van der Waals surface area contributed by atoms with E-state index in [0.29, 0.717) is 0 Å². The lowest BCUT2D eigenvalue weighted by Gasteiger charge is -2.39. The summed E-state index contributed by atoms with van der Waals surface area (Å²) in [5.74, 6) is 0.885. The van der Waals surface area contributed by atoms with Crippen LogP contribution in [0.1, 0.15) is 38.9 Å². The minimum atomic E-state index is -1.88. The number of ether oxygens (including phenoxy) is 1. The lowest BCUT2D eigenvalue weighted by molar-refractivity contribution is 0.186. The first kappa shape index (κ1) is 24.6. The molecule has 0 aliphatic carbocycles. The molecule has 4 heteroatoms. The third-order valence-corrected chi connectivity index (χ3v) is 14.1. The van der Waals surface area contributed by atoms with Gasteiger partial charge in [-0.2, -0.15) is 0 Å². The van der Waals surface area contributed by atoms with Gasteiger partial charge in [0.1, 0.15) is 5.75 Å². The van der Waals surface area contributed by atoms with E-state index < -0.39 is 16.4 Å². The molecule has 2 rings (SSSR count). The van der Waals surface area contributed by atoms with Gasteiger partial charge in [-0.05, 0) is 48.3 Å². The average Bonchev–Trinajstić information content (AvgIpc) is 2.70. The molecule has 0 saturated carbocycles. The minimum absolute atomic E-state index is 0.0783. The Labute approximate surface area is 186 Å². The quantitative estimate of drug-likeness (QED) is 0.300. The van der Waals surface area contributed by atoms with Crippen molar-refractivity contribution in [1.82, 2.24) is 0 Å². The number of methoxy groups -OCH3 is 1. The minimum Gasteiger partial charge on any atom is -0.497 e. The fourth-order valence-corrected chi connectivity index (χ4v) is 6.59. The lowest BCUT2D eigenvalue weighted by atomic mass is 10.1. The molecular weight excluding hydrogens is 400 g/mol. The summed E-state index contributed by atoms with van der Waals surface area (Å²) in [6.07, 6.45) is 5.69. The zero-order valence-electron chi connectivity index (χ0n) is 20.2. The molecule has 0 aromatic heterocycles. The van der Waals surface area contributed by atoms with E-state index in [4.69, 9.17) is 9.16 Å². The molecule has 0 amide bonds. The highest BCUT2D eigenvalue weighted by atomic mass is 28.4. The van der Waals surface area contributed by atoms with Crippen LogP contribution in [0.25, 0.3) is 0 Å². The van der Waals surface area contributed by atoms with E-state index >= 15 is 0 Å². The molecule has 30 heavy (non-hydrogen) atoms. The van der Waals surface area contributed by atoms with Crippen LogP contribution in [0.3, 0.4) is 0 Å². The van der Waals surface area contributed by atoms with Crippen LogP contribution in [0.15, 0.2) is 66.7 Å². The zero-order chi connectivity index (χ0) is 22.4. The molecule has 164 valence electrons. The molecule has 1 atom stereocenters. The molecule has 0 fully saturated rings. The van der Waals surface area contributed by atoms with Crippen molar-refractivity contribution in [3.63, 3.8) is 0 Å². The first-order valence-electron chi connectivity index (χ1n) is 11.0. The summed E-state index contributed by atoms with van der Waals surface area (Å²) in [7, 11) is -1.63. The van der Waals surface area contributed by atoms with Gasteiger partial charge in [-0.3, -0.25) is 0 Å². The summed E-state index contributed by atoms with van der Waals surface area (Å²) in [5.41, 5.74) is 1.23. The third kappa shape index (κ3) is 6.69. The molecule has 0 aliphatic rings. The van der Waals surface area contributed by atoms with Gasteiger partial charge >= 0.3 is 0 Å². The van der Waals surface area contributed by atoms with Crippen LogP contribution in [-0.2, 0) is 4.43 Å². The number of benzene rings is 2. The van der Waals surface area contributed by atoms with E-state index in [1.165, 1.54) is 10.8 Å². The molecule has 0 heterocycles. The molecule has 0 saturated heterocycles. The molecular formula is C26H40O2Si2. The number of allylic oxidation sites excluding steroid dienone is 1. The zero-order valence-corrected chi connectivity index (χ0v) is 22.2. The summed E-state index contributed by atoms with van der Waals surface area (Å²) in [5, 5.41) is 1.70. The summed E-state index contributed by atoms with van der Waals surface area (Å²) in [6.45, 7) is 16.5. The van der Waals surface area contributed by atoms with Crippen molar-refractivity contribution in [2.75, 3.05) is 7.11 Å². The second kappa shape index (κ2) is 10.1. The Bertz CT molecular complexity index is 803. The third-order valence-electron chi connectivity index (χ3n) is 6.43. The Kier molecular flexibility index (Phi) is 8.31. The molecule has 0 radical (unpaired) electrons. The van der Waals surface area contributed by atoms with E-state index in [0.717, 1.165) is 18.2 Å². The van der Waals surface area contributed by atoms with Gasteiger partial charge in [0.25, 0.3) is 0 Å². The highest BCUT2D eigenvalue weighted by Gasteiger charge is 2.39. The van der Waals surface area contributed by atoms with Crippen molar-refractivity contribution in [3.05, 3.63) is 72.3 Å². The number of hydrogen-bond donors (Lipinski definition) is 0. The maximum absolute atomic E-state index is 6.84. The number of rotatable bonds is 9. The normalized spacial score (nSPS) is 14.1. The second-order valence-corrected chi connectivity index (χ2v) is 19.8. The lowest BCUT2D eigenvalue weighted by Crippen LogP contribution is -2.41.